The summed E-state index contributed by atoms with van der Waals surface area (Å²) in [6.45, 7) is 8.54. The van der Waals surface area contributed by atoms with Crippen molar-refractivity contribution in [2.75, 3.05) is 19.7 Å². The summed E-state index contributed by atoms with van der Waals surface area (Å²) >= 11 is 0. The molecule has 0 spiro atoms. The number of hydrogen-bond donors (Lipinski definition) is 1. The standard InChI is InChI=1S/C36H76NO3P/c1-4-7-10-13-15-17-19-21-23-25-27-29-31-34-37(41(38,39)40-36-33-12-9-6-3)35-32-30-28-26-24-22-20-18-16-14-11-8-5-2/h4-36H2,1-3H3,(H,38,39). The SMILES string of the molecule is CCCCCCCCCCCCCCCN(CCCCCCCCCCCCCCC)P(=O)(O)OCCCCCC. The first-order chi connectivity index (χ1) is 20.1. The molecule has 0 rings (SSSR count). The van der Waals surface area contributed by atoms with Gasteiger partial charge < -0.3 is 4.89 Å². The fraction of sp³-hybridized carbons (Fsp3) is 1.00. The number of hydrogen-bond acceptors (Lipinski definition) is 2. The molecule has 0 aromatic rings. The van der Waals surface area contributed by atoms with Gasteiger partial charge in [-0.3, -0.25) is 4.52 Å². The minimum Gasteiger partial charge on any atom is -0.312 e. The van der Waals surface area contributed by atoms with Crippen molar-refractivity contribution in [2.45, 2.75) is 213 Å². The first-order valence-corrected chi connectivity index (χ1v) is 20.3. The summed E-state index contributed by atoms with van der Waals surface area (Å²) in [6.07, 6.45) is 38.7. The molecule has 0 bridgehead atoms. The maximum absolute atomic E-state index is 13.1. The quantitative estimate of drug-likeness (QED) is 0.0580. The lowest BCUT2D eigenvalue weighted by Crippen LogP contribution is -2.24. The van der Waals surface area contributed by atoms with Crippen molar-refractivity contribution < 1.29 is 14.0 Å². The Bertz CT molecular complexity index is 515. The van der Waals surface area contributed by atoms with E-state index in [4.69, 9.17) is 4.52 Å². The highest BCUT2D eigenvalue weighted by molar-refractivity contribution is 7.50. The van der Waals surface area contributed by atoms with E-state index in [1.807, 2.05) is 0 Å². The van der Waals surface area contributed by atoms with Crippen LogP contribution >= 0.6 is 7.75 Å². The van der Waals surface area contributed by atoms with E-state index in [2.05, 4.69) is 20.8 Å². The van der Waals surface area contributed by atoms with E-state index < -0.39 is 7.75 Å². The van der Waals surface area contributed by atoms with E-state index in [1.54, 1.807) is 4.67 Å². The zero-order chi connectivity index (χ0) is 30.1. The van der Waals surface area contributed by atoms with Crippen LogP contribution in [-0.4, -0.2) is 29.3 Å². The molecule has 0 saturated carbocycles. The molecule has 0 fully saturated rings. The van der Waals surface area contributed by atoms with Gasteiger partial charge in [0.25, 0.3) is 0 Å². The van der Waals surface area contributed by atoms with Crippen LogP contribution in [-0.2, 0) is 9.09 Å². The van der Waals surface area contributed by atoms with Gasteiger partial charge in [-0.05, 0) is 19.3 Å². The van der Waals surface area contributed by atoms with Crippen molar-refractivity contribution in [2.24, 2.45) is 0 Å². The second kappa shape index (κ2) is 33.0. The van der Waals surface area contributed by atoms with Crippen LogP contribution in [0.4, 0.5) is 0 Å². The Kier molecular flexibility index (Phi) is 33.1. The molecular weight excluding hydrogens is 525 g/mol. The Morgan fingerprint density at radius 1 is 0.415 bits per heavy atom. The van der Waals surface area contributed by atoms with Gasteiger partial charge in [-0.2, -0.15) is 0 Å². The normalized spacial score (nSPS) is 13.3. The minimum atomic E-state index is -3.69. The molecular formula is C36H76NO3P. The van der Waals surface area contributed by atoms with Crippen molar-refractivity contribution >= 4 is 7.75 Å². The summed E-state index contributed by atoms with van der Waals surface area (Å²) in [4.78, 5) is 10.8. The van der Waals surface area contributed by atoms with Gasteiger partial charge in [0.1, 0.15) is 0 Å². The Balaban J connectivity index is 4.07. The van der Waals surface area contributed by atoms with Crippen molar-refractivity contribution in [3.63, 3.8) is 0 Å². The fourth-order valence-corrected chi connectivity index (χ4v) is 7.10. The monoisotopic (exact) mass is 602 g/mol. The molecule has 0 aliphatic carbocycles. The molecule has 0 aliphatic rings. The highest BCUT2D eigenvalue weighted by Gasteiger charge is 2.28. The van der Waals surface area contributed by atoms with Gasteiger partial charge in [0.2, 0.25) is 0 Å². The Hall–Kier alpha value is 0.110. The molecule has 0 radical (unpaired) electrons. The molecule has 0 aliphatic heterocycles. The largest absolute Gasteiger partial charge is 0.405 e. The number of nitrogens with zero attached hydrogens (tertiary/aromatic N) is 1. The second-order valence-corrected chi connectivity index (χ2v) is 14.6. The molecule has 0 heterocycles. The molecule has 5 heteroatoms. The maximum atomic E-state index is 13.1. The van der Waals surface area contributed by atoms with Gasteiger partial charge in [0, 0.05) is 13.1 Å². The van der Waals surface area contributed by atoms with Gasteiger partial charge in [-0.15, -0.1) is 0 Å². The van der Waals surface area contributed by atoms with Crippen LogP contribution in [0.1, 0.15) is 213 Å². The van der Waals surface area contributed by atoms with Crippen LogP contribution in [0.5, 0.6) is 0 Å². The van der Waals surface area contributed by atoms with Crippen LogP contribution in [0.15, 0.2) is 0 Å². The van der Waals surface area contributed by atoms with Crippen molar-refractivity contribution in [1.82, 2.24) is 4.67 Å². The Morgan fingerprint density at radius 3 is 0.951 bits per heavy atom. The van der Waals surface area contributed by atoms with Crippen LogP contribution in [0, 0.1) is 0 Å². The van der Waals surface area contributed by atoms with E-state index in [0.717, 1.165) is 38.5 Å². The van der Waals surface area contributed by atoms with Gasteiger partial charge in [0.05, 0.1) is 6.61 Å². The lowest BCUT2D eigenvalue weighted by molar-refractivity contribution is 0.194. The molecule has 0 aromatic carbocycles. The predicted octanol–water partition coefficient (Wildman–Crippen LogP) is 13.2. The summed E-state index contributed by atoms with van der Waals surface area (Å²) in [5.74, 6) is 0. The molecule has 248 valence electrons. The Morgan fingerprint density at radius 2 is 0.659 bits per heavy atom. The van der Waals surface area contributed by atoms with Crippen molar-refractivity contribution in [3.8, 4) is 0 Å². The van der Waals surface area contributed by atoms with Crippen LogP contribution in [0.2, 0.25) is 0 Å². The first kappa shape index (κ1) is 41.1. The molecule has 0 saturated heterocycles. The zero-order valence-corrected chi connectivity index (χ0v) is 29.4. The number of unbranched alkanes of at least 4 members (excludes halogenated alkanes) is 27. The molecule has 0 aromatic heterocycles. The predicted molar refractivity (Wildman–Crippen MR) is 183 cm³/mol. The molecule has 1 unspecified atom stereocenters. The van der Waals surface area contributed by atoms with Crippen molar-refractivity contribution in [1.29, 1.82) is 0 Å². The van der Waals surface area contributed by atoms with Crippen LogP contribution in [0.25, 0.3) is 0 Å². The van der Waals surface area contributed by atoms with Crippen LogP contribution < -0.4 is 0 Å². The first-order valence-electron chi connectivity index (χ1n) is 18.8. The lowest BCUT2D eigenvalue weighted by Gasteiger charge is -2.26. The molecule has 1 N–H and O–H groups in total. The van der Waals surface area contributed by atoms with E-state index in [-0.39, 0.29) is 0 Å². The van der Waals surface area contributed by atoms with Crippen molar-refractivity contribution in [3.05, 3.63) is 0 Å². The molecule has 1 atom stereocenters. The van der Waals surface area contributed by atoms with E-state index in [0.29, 0.717) is 19.7 Å². The molecule has 4 nitrogen and oxygen atoms in total. The average Bonchev–Trinajstić information content (AvgIpc) is 2.96. The highest BCUT2D eigenvalue weighted by atomic mass is 31.2. The van der Waals surface area contributed by atoms with E-state index in [9.17, 15) is 9.46 Å². The smallest absolute Gasteiger partial charge is 0.312 e. The summed E-state index contributed by atoms with van der Waals surface area (Å²) in [6, 6.07) is 0. The Labute approximate surface area is 259 Å². The third kappa shape index (κ3) is 29.9. The summed E-state index contributed by atoms with van der Waals surface area (Å²) < 4.78 is 20.5. The summed E-state index contributed by atoms with van der Waals surface area (Å²) in [7, 11) is -3.69. The van der Waals surface area contributed by atoms with Gasteiger partial charge in [-0.1, -0.05) is 194 Å². The van der Waals surface area contributed by atoms with Gasteiger partial charge >= 0.3 is 7.75 Å². The zero-order valence-electron chi connectivity index (χ0n) is 28.5. The highest BCUT2D eigenvalue weighted by Crippen LogP contribution is 2.47. The van der Waals surface area contributed by atoms with E-state index in [1.165, 1.54) is 154 Å². The third-order valence-corrected chi connectivity index (χ3v) is 10.3. The van der Waals surface area contributed by atoms with Gasteiger partial charge in [-0.25, -0.2) is 9.24 Å². The summed E-state index contributed by atoms with van der Waals surface area (Å²) in [5.41, 5.74) is 0. The number of rotatable bonds is 35. The minimum absolute atomic E-state index is 0.404. The summed E-state index contributed by atoms with van der Waals surface area (Å²) in [5, 5.41) is 0. The lowest BCUT2D eigenvalue weighted by atomic mass is 10.0. The molecule has 0 amide bonds. The second-order valence-electron chi connectivity index (χ2n) is 12.8. The average molecular weight is 602 g/mol. The maximum Gasteiger partial charge on any atom is 0.405 e. The topological polar surface area (TPSA) is 49.8 Å². The fourth-order valence-electron chi connectivity index (χ4n) is 5.78. The third-order valence-electron chi connectivity index (χ3n) is 8.65. The van der Waals surface area contributed by atoms with Gasteiger partial charge in [0.15, 0.2) is 0 Å². The molecule has 41 heavy (non-hydrogen) atoms. The van der Waals surface area contributed by atoms with Crippen LogP contribution in [0.3, 0.4) is 0 Å². The van der Waals surface area contributed by atoms with E-state index >= 15 is 0 Å².